The molecule has 0 unspecified atom stereocenters. The number of nitrogens with zero attached hydrogens (tertiary/aromatic N) is 1. The van der Waals surface area contributed by atoms with E-state index in [4.69, 9.17) is 20.6 Å². The van der Waals surface area contributed by atoms with E-state index < -0.39 is 0 Å². The summed E-state index contributed by atoms with van der Waals surface area (Å²) in [4.78, 5) is 2.33. The lowest BCUT2D eigenvalue weighted by Gasteiger charge is -2.26. The summed E-state index contributed by atoms with van der Waals surface area (Å²) in [6.45, 7) is 7.08. The van der Waals surface area contributed by atoms with E-state index >= 15 is 0 Å². The molecule has 0 radical (unpaired) electrons. The van der Waals surface area contributed by atoms with Crippen LogP contribution in [-0.4, -0.2) is 50.2 Å². The summed E-state index contributed by atoms with van der Waals surface area (Å²) in [6, 6.07) is 5.60. The molecule has 1 aliphatic heterocycles. The summed E-state index contributed by atoms with van der Waals surface area (Å²) >= 11 is 0. The Morgan fingerprint density at radius 3 is 2.84 bits per heavy atom. The van der Waals surface area contributed by atoms with E-state index in [9.17, 15) is 0 Å². The highest BCUT2D eigenvalue weighted by Crippen LogP contribution is 2.19. The third kappa shape index (κ3) is 3.94. The molecule has 0 spiro atoms. The molecular formula is C14H21N3O2. The van der Waals surface area contributed by atoms with Gasteiger partial charge in [0.1, 0.15) is 18.2 Å². The first-order valence-electron chi connectivity index (χ1n) is 6.55. The number of amidine groups is 1. The SMILES string of the molecule is Cc1ccc(C(=N)N)cc1OCCN1CCOCC1. The number of benzene rings is 1. The summed E-state index contributed by atoms with van der Waals surface area (Å²) in [5.41, 5.74) is 7.25. The van der Waals surface area contributed by atoms with Gasteiger partial charge in [-0.25, -0.2) is 0 Å². The fourth-order valence-corrected chi connectivity index (χ4v) is 2.03. The van der Waals surface area contributed by atoms with Gasteiger partial charge in [-0.3, -0.25) is 10.3 Å². The van der Waals surface area contributed by atoms with Gasteiger partial charge < -0.3 is 15.2 Å². The fourth-order valence-electron chi connectivity index (χ4n) is 2.03. The Morgan fingerprint density at radius 2 is 2.16 bits per heavy atom. The molecule has 0 saturated carbocycles. The average Bonchev–Trinajstić information content (AvgIpc) is 2.42. The third-order valence-corrected chi connectivity index (χ3v) is 3.27. The molecule has 5 nitrogen and oxygen atoms in total. The molecular weight excluding hydrogens is 242 g/mol. The van der Waals surface area contributed by atoms with E-state index in [2.05, 4.69) is 4.90 Å². The highest BCUT2D eigenvalue weighted by Gasteiger charge is 2.10. The Labute approximate surface area is 113 Å². The summed E-state index contributed by atoms with van der Waals surface area (Å²) in [7, 11) is 0. The molecule has 104 valence electrons. The van der Waals surface area contributed by atoms with Crippen LogP contribution in [0.4, 0.5) is 0 Å². The highest BCUT2D eigenvalue weighted by molar-refractivity contribution is 5.95. The molecule has 0 amide bonds. The maximum absolute atomic E-state index is 7.44. The molecule has 5 heteroatoms. The zero-order valence-corrected chi connectivity index (χ0v) is 11.3. The van der Waals surface area contributed by atoms with Crippen molar-refractivity contribution in [3.8, 4) is 5.75 Å². The number of hydrogen-bond acceptors (Lipinski definition) is 4. The first-order valence-corrected chi connectivity index (χ1v) is 6.55. The lowest BCUT2D eigenvalue weighted by atomic mass is 10.1. The van der Waals surface area contributed by atoms with Gasteiger partial charge in [0.25, 0.3) is 0 Å². The topological polar surface area (TPSA) is 71.6 Å². The summed E-state index contributed by atoms with van der Waals surface area (Å²) < 4.78 is 11.1. The van der Waals surface area contributed by atoms with Crippen molar-refractivity contribution in [3.63, 3.8) is 0 Å². The van der Waals surface area contributed by atoms with E-state index in [1.165, 1.54) is 0 Å². The van der Waals surface area contributed by atoms with Gasteiger partial charge in [-0.2, -0.15) is 0 Å². The molecule has 0 aliphatic carbocycles. The molecule has 3 N–H and O–H groups in total. The van der Waals surface area contributed by atoms with Crippen LogP contribution < -0.4 is 10.5 Å². The van der Waals surface area contributed by atoms with Gasteiger partial charge in [0.05, 0.1) is 13.2 Å². The van der Waals surface area contributed by atoms with Crippen LogP contribution in [-0.2, 0) is 4.74 Å². The summed E-state index contributed by atoms with van der Waals surface area (Å²) in [5, 5.41) is 7.44. The Hall–Kier alpha value is -1.59. The van der Waals surface area contributed by atoms with Crippen LogP contribution >= 0.6 is 0 Å². The van der Waals surface area contributed by atoms with Crippen molar-refractivity contribution < 1.29 is 9.47 Å². The van der Waals surface area contributed by atoms with Crippen LogP contribution in [0.15, 0.2) is 18.2 Å². The Morgan fingerprint density at radius 1 is 1.42 bits per heavy atom. The van der Waals surface area contributed by atoms with Crippen molar-refractivity contribution in [1.29, 1.82) is 5.41 Å². The predicted octanol–water partition coefficient (Wildman–Crippen LogP) is 0.990. The van der Waals surface area contributed by atoms with Crippen molar-refractivity contribution in [2.45, 2.75) is 6.92 Å². The second-order valence-corrected chi connectivity index (χ2v) is 4.70. The van der Waals surface area contributed by atoms with Crippen LogP contribution in [0.3, 0.4) is 0 Å². The minimum Gasteiger partial charge on any atom is -0.492 e. The molecule has 1 aliphatic rings. The molecule has 2 rings (SSSR count). The monoisotopic (exact) mass is 263 g/mol. The molecule has 1 heterocycles. The molecule has 19 heavy (non-hydrogen) atoms. The number of hydrogen-bond donors (Lipinski definition) is 2. The number of nitrogen functional groups attached to an aromatic ring is 1. The van der Waals surface area contributed by atoms with Crippen molar-refractivity contribution in [2.24, 2.45) is 5.73 Å². The zero-order chi connectivity index (χ0) is 13.7. The quantitative estimate of drug-likeness (QED) is 0.614. The average molecular weight is 263 g/mol. The van der Waals surface area contributed by atoms with Gasteiger partial charge in [-0.05, 0) is 18.6 Å². The fraction of sp³-hybridized carbons (Fsp3) is 0.500. The Kier molecular flexibility index (Phi) is 4.76. The minimum absolute atomic E-state index is 0.0676. The second kappa shape index (κ2) is 6.54. The normalized spacial score (nSPS) is 16.3. The first kappa shape index (κ1) is 13.8. The van der Waals surface area contributed by atoms with Crippen LogP contribution in [0.2, 0.25) is 0 Å². The summed E-state index contributed by atoms with van der Waals surface area (Å²) in [5.74, 6) is 0.874. The van der Waals surface area contributed by atoms with E-state index in [-0.39, 0.29) is 5.84 Å². The largest absolute Gasteiger partial charge is 0.492 e. The Bertz CT molecular complexity index is 442. The zero-order valence-electron chi connectivity index (χ0n) is 11.3. The smallest absolute Gasteiger partial charge is 0.122 e. The molecule has 1 aromatic carbocycles. The maximum Gasteiger partial charge on any atom is 0.122 e. The molecule has 0 aromatic heterocycles. The van der Waals surface area contributed by atoms with E-state index in [1.54, 1.807) is 0 Å². The van der Waals surface area contributed by atoms with Gasteiger partial charge in [-0.1, -0.05) is 12.1 Å². The molecule has 1 fully saturated rings. The number of nitrogens with two attached hydrogens (primary N) is 1. The predicted molar refractivity (Wildman–Crippen MR) is 74.9 cm³/mol. The second-order valence-electron chi connectivity index (χ2n) is 4.70. The molecule has 1 aromatic rings. The van der Waals surface area contributed by atoms with Crippen LogP contribution in [0.1, 0.15) is 11.1 Å². The van der Waals surface area contributed by atoms with Crippen LogP contribution in [0, 0.1) is 12.3 Å². The lowest BCUT2D eigenvalue weighted by Crippen LogP contribution is -2.38. The van der Waals surface area contributed by atoms with Gasteiger partial charge >= 0.3 is 0 Å². The van der Waals surface area contributed by atoms with Gasteiger partial charge in [-0.15, -0.1) is 0 Å². The van der Waals surface area contributed by atoms with E-state index in [1.807, 2.05) is 25.1 Å². The molecule has 0 atom stereocenters. The third-order valence-electron chi connectivity index (χ3n) is 3.27. The van der Waals surface area contributed by atoms with Crippen molar-refractivity contribution in [1.82, 2.24) is 4.90 Å². The number of ether oxygens (including phenoxy) is 2. The summed E-state index contributed by atoms with van der Waals surface area (Å²) in [6.07, 6.45) is 0. The Balaban J connectivity index is 1.87. The van der Waals surface area contributed by atoms with Crippen molar-refractivity contribution in [2.75, 3.05) is 39.5 Å². The van der Waals surface area contributed by atoms with E-state index in [0.717, 1.165) is 44.2 Å². The number of rotatable bonds is 5. The van der Waals surface area contributed by atoms with Gasteiger partial charge in [0, 0.05) is 25.2 Å². The maximum atomic E-state index is 7.44. The van der Waals surface area contributed by atoms with Crippen molar-refractivity contribution >= 4 is 5.84 Å². The van der Waals surface area contributed by atoms with Crippen LogP contribution in [0.25, 0.3) is 0 Å². The number of morpholine rings is 1. The minimum atomic E-state index is 0.0676. The molecule has 1 saturated heterocycles. The molecule has 0 bridgehead atoms. The van der Waals surface area contributed by atoms with Gasteiger partial charge in [0.2, 0.25) is 0 Å². The number of aryl methyl sites for hydroxylation is 1. The van der Waals surface area contributed by atoms with Crippen molar-refractivity contribution in [3.05, 3.63) is 29.3 Å². The highest BCUT2D eigenvalue weighted by atomic mass is 16.5. The van der Waals surface area contributed by atoms with Crippen LogP contribution in [0.5, 0.6) is 5.75 Å². The van der Waals surface area contributed by atoms with Gasteiger partial charge in [0.15, 0.2) is 0 Å². The first-order chi connectivity index (χ1) is 9.16. The lowest BCUT2D eigenvalue weighted by molar-refractivity contribution is 0.0322. The number of nitrogens with one attached hydrogen (secondary N) is 1. The van der Waals surface area contributed by atoms with E-state index in [0.29, 0.717) is 12.2 Å². The standard InChI is InChI=1S/C14H21N3O2/c1-11-2-3-12(14(15)16)10-13(11)19-9-6-17-4-7-18-8-5-17/h2-3,10H,4-9H2,1H3,(H3,15,16).